The molecule has 5 heteroatoms. The Morgan fingerprint density at radius 3 is 2.83 bits per heavy atom. The number of nitrogens with zero attached hydrogens (tertiary/aromatic N) is 2. The second kappa shape index (κ2) is 4.80. The van der Waals surface area contributed by atoms with E-state index >= 15 is 0 Å². The molecule has 0 amide bonds. The summed E-state index contributed by atoms with van der Waals surface area (Å²) in [6, 6.07) is 7.16. The number of aryl methyl sites for hydroxylation is 2. The molecule has 0 aliphatic heterocycles. The van der Waals surface area contributed by atoms with E-state index < -0.39 is 0 Å². The number of benzene rings is 1. The minimum absolute atomic E-state index is 0.438. The topological polar surface area (TPSA) is 87.9 Å². The molecule has 2 rings (SSSR count). The molecule has 0 saturated heterocycles. The monoisotopic (exact) mass is 242 g/mol. The van der Waals surface area contributed by atoms with Crippen LogP contribution in [0.4, 0.5) is 11.4 Å². The molecule has 0 atom stereocenters. The van der Waals surface area contributed by atoms with Gasteiger partial charge in [0, 0.05) is 0 Å². The van der Waals surface area contributed by atoms with E-state index in [-0.39, 0.29) is 0 Å². The summed E-state index contributed by atoms with van der Waals surface area (Å²) in [6.45, 7) is 4.21. The number of oxazole rings is 1. The molecule has 1 heterocycles. The van der Waals surface area contributed by atoms with Crippen molar-refractivity contribution in [3.05, 3.63) is 41.1 Å². The van der Waals surface area contributed by atoms with Gasteiger partial charge in [0.1, 0.15) is 5.76 Å². The normalized spacial score (nSPS) is 10.1. The summed E-state index contributed by atoms with van der Waals surface area (Å²) in [5, 5.41) is 11.9. The van der Waals surface area contributed by atoms with Gasteiger partial charge in [0.25, 0.3) is 0 Å². The van der Waals surface area contributed by atoms with E-state index in [1.165, 1.54) is 0 Å². The van der Waals surface area contributed by atoms with Crippen molar-refractivity contribution in [1.82, 2.24) is 4.98 Å². The van der Waals surface area contributed by atoms with Crippen LogP contribution in [-0.4, -0.2) is 4.98 Å². The molecule has 0 unspecified atom stereocenters. The van der Waals surface area contributed by atoms with Crippen molar-refractivity contribution in [3.63, 3.8) is 0 Å². The number of nitrogens with one attached hydrogen (secondary N) is 1. The first kappa shape index (κ1) is 12.0. The van der Waals surface area contributed by atoms with Crippen LogP contribution in [0.3, 0.4) is 0 Å². The van der Waals surface area contributed by atoms with Gasteiger partial charge in [-0.05, 0) is 32.0 Å². The van der Waals surface area contributed by atoms with Crippen LogP contribution in [-0.2, 0) is 6.54 Å². The highest BCUT2D eigenvalue weighted by molar-refractivity contribution is 5.68. The Kier molecular flexibility index (Phi) is 3.20. The summed E-state index contributed by atoms with van der Waals surface area (Å²) >= 11 is 0. The van der Waals surface area contributed by atoms with Gasteiger partial charge in [-0.15, -0.1) is 0 Å². The number of hydrogen-bond donors (Lipinski definition) is 2. The van der Waals surface area contributed by atoms with Gasteiger partial charge in [0.15, 0.2) is 0 Å². The maximum atomic E-state index is 8.83. The number of rotatable bonds is 3. The zero-order valence-electron chi connectivity index (χ0n) is 10.3. The predicted octanol–water partition coefficient (Wildman–Crippen LogP) is 2.36. The standard InChI is InChI=1S/C13H14N4O/c1-8-9(2)18-13(17-8)7-16-12-5-10(6-14)3-4-11(12)15/h3-5,16H,7,15H2,1-2H3. The lowest BCUT2D eigenvalue weighted by atomic mass is 10.2. The van der Waals surface area contributed by atoms with Crippen molar-refractivity contribution in [1.29, 1.82) is 5.26 Å². The summed E-state index contributed by atoms with van der Waals surface area (Å²) in [5.41, 5.74) is 8.56. The van der Waals surface area contributed by atoms with Crippen LogP contribution in [0, 0.1) is 25.2 Å². The molecule has 0 fully saturated rings. The predicted molar refractivity (Wildman–Crippen MR) is 68.9 cm³/mol. The Morgan fingerprint density at radius 2 is 2.22 bits per heavy atom. The molecule has 2 aromatic rings. The van der Waals surface area contributed by atoms with E-state index in [0.717, 1.165) is 11.5 Å². The maximum Gasteiger partial charge on any atom is 0.213 e. The van der Waals surface area contributed by atoms with E-state index in [0.29, 0.717) is 29.4 Å². The largest absolute Gasteiger partial charge is 0.444 e. The van der Waals surface area contributed by atoms with Crippen LogP contribution in [0.15, 0.2) is 22.6 Å². The average molecular weight is 242 g/mol. The lowest BCUT2D eigenvalue weighted by Crippen LogP contribution is -2.03. The molecule has 3 N–H and O–H groups in total. The number of nitrogens with two attached hydrogens (primary N) is 1. The van der Waals surface area contributed by atoms with Crippen LogP contribution >= 0.6 is 0 Å². The van der Waals surface area contributed by atoms with Crippen molar-refractivity contribution < 1.29 is 4.42 Å². The zero-order valence-corrected chi connectivity index (χ0v) is 10.3. The molecule has 0 spiro atoms. The Balaban J connectivity index is 2.13. The quantitative estimate of drug-likeness (QED) is 0.806. The minimum Gasteiger partial charge on any atom is -0.444 e. The fourth-order valence-corrected chi connectivity index (χ4v) is 1.56. The number of hydrogen-bond acceptors (Lipinski definition) is 5. The van der Waals surface area contributed by atoms with E-state index in [2.05, 4.69) is 16.4 Å². The molecule has 0 aliphatic rings. The lowest BCUT2D eigenvalue weighted by Gasteiger charge is -2.07. The second-order valence-electron chi connectivity index (χ2n) is 4.02. The van der Waals surface area contributed by atoms with Gasteiger partial charge < -0.3 is 15.5 Å². The molecule has 0 bridgehead atoms. The molecule has 1 aromatic carbocycles. The van der Waals surface area contributed by atoms with Crippen LogP contribution < -0.4 is 11.1 Å². The maximum absolute atomic E-state index is 8.83. The third-order valence-electron chi connectivity index (χ3n) is 2.69. The van der Waals surface area contributed by atoms with Crippen molar-refractivity contribution in [2.75, 3.05) is 11.1 Å². The summed E-state index contributed by atoms with van der Waals surface area (Å²) < 4.78 is 5.45. The number of anilines is 2. The Morgan fingerprint density at radius 1 is 1.44 bits per heavy atom. The van der Waals surface area contributed by atoms with Crippen molar-refractivity contribution in [3.8, 4) is 6.07 Å². The third kappa shape index (κ3) is 2.43. The van der Waals surface area contributed by atoms with E-state index in [4.69, 9.17) is 15.4 Å². The fraction of sp³-hybridized carbons (Fsp3) is 0.231. The van der Waals surface area contributed by atoms with Crippen LogP contribution in [0.5, 0.6) is 0 Å². The van der Waals surface area contributed by atoms with Gasteiger partial charge in [-0.25, -0.2) is 4.98 Å². The van der Waals surface area contributed by atoms with Gasteiger partial charge in [0.2, 0.25) is 5.89 Å². The summed E-state index contributed by atoms with van der Waals surface area (Å²) in [4.78, 5) is 4.26. The Labute approximate surface area is 105 Å². The van der Waals surface area contributed by atoms with Crippen LogP contribution in [0.1, 0.15) is 22.9 Å². The molecule has 0 saturated carbocycles. The highest BCUT2D eigenvalue weighted by Gasteiger charge is 2.06. The lowest BCUT2D eigenvalue weighted by molar-refractivity contribution is 0.478. The van der Waals surface area contributed by atoms with Crippen molar-refractivity contribution in [2.24, 2.45) is 0 Å². The first-order valence-corrected chi connectivity index (χ1v) is 5.56. The van der Waals surface area contributed by atoms with Gasteiger partial charge >= 0.3 is 0 Å². The fourth-order valence-electron chi connectivity index (χ4n) is 1.56. The zero-order chi connectivity index (χ0) is 13.1. The van der Waals surface area contributed by atoms with Gasteiger partial charge in [0.05, 0.1) is 35.2 Å². The Bertz CT molecular complexity index is 590. The first-order valence-electron chi connectivity index (χ1n) is 5.56. The highest BCUT2D eigenvalue weighted by Crippen LogP contribution is 2.20. The molecule has 18 heavy (non-hydrogen) atoms. The summed E-state index contributed by atoms with van der Waals surface area (Å²) in [5.74, 6) is 1.41. The van der Waals surface area contributed by atoms with Gasteiger partial charge in [-0.1, -0.05) is 0 Å². The molecule has 0 aliphatic carbocycles. The first-order chi connectivity index (χ1) is 8.60. The summed E-state index contributed by atoms with van der Waals surface area (Å²) in [6.07, 6.45) is 0. The highest BCUT2D eigenvalue weighted by atomic mass is 16.4. The van der Waals surface area contributed by atoms with Crippen LogP contribution in [0.25, 0.3) is 0 Å². The van der Waals surface area contributed by atoms with E-state index in [1.807, 2.05) is 13.8 Å². The average Bonchev–Trinajstić information content (AvgIpc) is 2.68. The van der Waals surface area contributed by atoms with Gasteiger partial charge in [-0.3, -0.25) is 0 Å². The number of nitrogen functional groups attached to an aromatic ring is 1. The molecule has 1 aromatic heterocycles. The molecule has 92 valence electrons. The third-order valence-corrected chi connectivity index (χ3v) is 2.69. The summed E-state index contributed by atoms with van der Waals surface area (Å²) in [7, 11) is 0. The molecular formula is C13H14N4O. The SMILES string of the molecule is Cc1nc(CNc2cc(C#N)ccc2N)oc1C. The smallest absolute Gasteiger partial charge is 0.213 e. The van der Waals surface area contributed by atoms with Crippen molar-refractivity contribution in [2.45, 2.75) is 20.4 Å². The van der Waals surface area contributed by atoms with E-state index in [1.54, 1.807) is 18.2 Å². The number of aromatic nitrogens is 1. The van der Waals surface area contributed by atoms with E-state index in [9.17, 15) is 0 Å². The van der Waals surface area contributed by atoms with Crippen LogP contribution in [0.2, 0.25) is 0 Å². The number of nitriles is 1. The van der Waals surface area contributed by atoms with Crippen molar-refractivity contribution >= 4 is 11.4 Å². The second-order valence-corrected chi connectivity index (χ2v) is 4.02. The molecule has 0 radical (unpaired) electrons. The minimum atomic E-state index is 0.438. The molecular weight excluding hydrogens is 228 g/mol. The van der Waals surface area contributed by atoms with Gasteiger partial charge in [-0.2, -0.15) is 5.26 Å². The Hall–Kier alpha value is -2.48. The molecule has 5 nitrogen and oxygen atoms in total.